The SMILES string of the molecule is CCCNC(C)c1cnc(-c2ccc(Cl)s2)s1. The number of hydrogen-bond donors (Lipinski definition) is 1. The lowest BCUT2D eigenvalue weighted by Crippen LogP contribution is -2.18. The first-order valence-corrected chi connectivity index (χ1v) is 7.66. The zero-order chi connectivity index (χ0) is 12.3. The second-order valence-corrected chi connectivity index (χ2v) is 6.62. The first kappa shape index (κ1) is 13.0. The fraction of sp³-hybridized carbons (Fsp3) is 0.417. The molecule has 1 atom stereocenters. The quantitative estimate of drug-likeness (QED) is 0.870. The van der Waals surface area contributed by atoms with Gasteiger partial charge in [0.1, 0.15) is 5.01 Å². The fourth-order valence-corrected chi connectivity index (χ4v) is 3.54. The Morgan fingerprint density at radius 2 is 2.24 bits per heavy atom. The number of thiazole rings is 1. The number of thiophene rings is 1. The molecule has 0 aliphatic carbocycles. The number of aromatic nitrogens is 1. The van der Waals surface area contributed by atoms with Crippen LogP contribution in [0.4, 0.5) is 0 Å². The van der Waals surface area contributed by atoms with Crippen molar-refractivity contribution >= 4 is 34.3 Å². The van der Waals surface area contributed by atoms with E-state index in [0.717, 1.165) is 27.2 Å². The fourth-order valence-electron chi connectivity index (χ4n) is 1.49. The molecule has 92 valence electrons. The molecule has 0 aliphatic heterocycles. The lowest BCUT2D eigenvalue weighted by atomic mass is 10.3. The maximum atomic E-state index is 5.93. The van der Waals surface area contributed by atoms with Crippen LogP contribution in [0.25, 0.3) is 9.88 Å². The molecule has 0 fully saturated rings. The van der Waals surface area contributed by atoms with E-state index in [9.17, 15) is 0 Å². The van der Waals surface area contributed by atoms with Crippen LogP contribution in [0, 0.1) is 0 Å². The standard InChI is InChI=1S/C12H15ClN2S2/c1-3-6-14-8(2)10-7-15-12(17-10)9-4-5-11(13)16-9/h4-5,7-8,14H,3,6H2,1-2H3. The average Bonchev–Trinajstić information content (AvgIpc) is 2.93. The Morgan fingerprint density at radius 3 is 2.88 bits per heavy atom. The minimum absolute atomic E-state index is 0.372. The highest BCUT2D eigenvalue weighted by Crippen LogP contribution is 2.34. The van der Waals surface area contributed by atoms with Crippen LogP contribution < -0.4 is 5.32 Å². The summed E-state index contributed by atoms with van der Waals surface area (Å²) < 4.78 is 0.814. The molecule has 0 bridgehead atoms. The zero-order valence-corrected chi connectivity index (χ0v) is 12.3. The Bertz CT molecular complexity index is 478. The normalized spacial score (nSPS) is 12.9. The monoisotopic (exact) mass is 286 g/mol. The summed E-state index contributed by atoms with van der Waals surface area (Å²) in [5, 5.41) is 4.52. The highest BCUT2D eigenvalue weighted by molar-refractivity contribution is 7.23. The molecule has 0 spiro atoms. The minimum Gasteiger partial charge on any atom is -0.309 e. The van der Waals surface area contributed by atoms with Gasteiger partial charge in [-0.05, 0) is 32.0 Å². The number of rotatable bonds is 5. The molecular formula is C12H15ClN2S2. The maximum absolute atomic E-state index is 5.93. The van der Waals surface area contributed by atoms with Crippen molar-refractivity contribution in [2.24, 2.45) is 0 Å². The molecule has 0 saturated carbocycles. The van der Waals surface area contributed by atoms with Crippen molar-refractivity contribution in [1.82, 2.24) is 10.3 Å². The van der Waals surface area contributed by atoms with E-state index in [1.54, 1.807) is 22.7 Å². The second-order valence-electron chi connectivity index (χ2n) is 3.85. The van der Waals surface area contributed by atoms with Crippen LogP contribution in [-0.4, -0.2) is 11.5 Å². The summed E-state index contributed by atoms with van der Waals surface area (Å²) in [6.45, 7) is 5.39. The van der Waals surface area contributed by atoms with Gasteiger partial charge in [-0.25, -0.2) is 4.98 Å². The van der Waals surface area contributed by atoms with Crippen molar-refractivity contribution in [2.45, 2.75) is 26.3 Å². The van der Waals surface area contributed by atoms with Gasteiger partial charge in [-0.3, -0.25) is 0 Å². The summed E-state index contributed by atoms with van der Waals surface area (Å²) >= 11 is 9.24. The summed E-state index contributed by atoms with van der Waals surface area (Å²) in [6, 6.07) is 4.32. The van der Waals surface area contributed by atoms with E-state index in [1.165, 1.54) is 4.88 Å². The van der Waals surface area contributed by atoms with Gasteiger partial charge in [0.25, 0.3) is 0 Å². The van der Waals surface area contributed by atoms with E-state index < -0.39 is 0 Å². The van der Waals surface area contributed by atoms with Crippen molar-refractivity contribution in [2.75, 3.05) is 6.54 Å². The molecule has 0 radical (unpaired) electrons. The van der Waals surface area contributed by atoms with Crippen LogP contribution in [-0.2, 0) is 0 Å². The lowest BCUT2D eigenvalue weighted by molar-refractivity contribution is 0.577. The molecule has 0 amide bonds. The summed E-state index contributed by atoms with van der Waals surface area (Å²) in [5.41, 5.74) is 0. The first-order valence-electron chi connectivity index (χ1n) is 5.65. The molecular weight excluding hydrogens is 272 g/mol. The van der Waals surface area contributed by atoms with Crippen LogP contribution >= 0.6 is 34.3 Å². The molecule has 2 heterocycles. The van der Waals surface area contributed by atoms with E-state index in [0.29, 0.717) is 6.04 Å². The van der Waals surface area contributed by atoms with E-state index in [4.69, 9.17) is 11.6 Å². The van der Waals surface area contributed by atoms with Crippen molar-refractivity contribution in [3.8, 4) is 9.88 Å². The number of nitrogens with zero attached hydrogens (tertiary/aromatic N) is 1. The molecule has 0 aliphatic rings. The molecule has 2 rings (SSSR count). The maximum Gasteiger partial charge on any atom is 0.133 e. The van der Waals surface area contributed by atoms with Gasteiger partial charge in [0, 0.05) is 17.1 Å². The number of nitrogens with one attached hydrogen (secondary N) is 1. The van der Waals surface area contributed by atoms with Crippen molar-refractivity contribution in [3.05, 3.63) is 27.5 Å². The van der Waals surface area contributed by atoms with Gasteiger partial charge in [0.15, 0.2) is 0 Å². The third-order valence-corrected chi connectivity index (χ3v) is 5.02. The lowest BCUT2D eigenvalue weighted by Gasteiger charge is -2.09. The van der Waals surface area contributed by atoms with Crippen LogP contribution in [0.15, 0.2) is 18.3 Å². The predicted octanol–water partition coefficient (Wildman–Crippen LogP) is 4.59. The molecule has 1 N–H and O–H groups in total. The minimum atomic E-state index is 0.372. The van der Waals surface area contributed by atoms with Gasteiger partial charge >= 0.3 is 0 Å². The largest absolute Gasteiger partial charge is 0.309 e. The predicted molar refractivity (Wildman–Crippen MR) is 77.1 cm³/mol. The highest BCUT2D eigenvalue weighted by atomic mass is 35.5. The Labute approximate surface area is 115 Å². The Balaban J connectivity index is 2.10. The van der Waals surface area contributed by atoms with E-state index in [-0.39, 0.29) is 0 Å². The summed E-state index contributed by atoms with van der Waals surface area (Å²) in [6.07, 6.45) is 3.11. The third-order valence-electron chi connectivity index (χ3n) is 2.43. The van der Waals surface area contributed by atoms with Crippen LogP contribution in [0.1, 0.15) is 31.2 Å². The molecule has 2 aromatic heterocycles. The summed E-state index contributed by atoms with van der Waals surface area (Å²) in [5.74, 6) is 0. The van der Waals surface area contributed by atoms with Gasteiger partial charge in [0.05, 0.1) is 9.21 Å². The van der Waals surface area contributed by atoms with Crippen LogP contribution in [0.3, 0.4) is 0 Å². The zero-order valence-electron chi connectivity index (χ0n) is 9.87. The molecule has 2 aromatic rings. The van der Waals surface area contributed by atoms with Gasteiger partial charge in [0.2, 0.25) is 0 Å². The topological polar surface area (TPSA) is 24.9 Å². The summed E-state index contributed by atoms with van der Waals surface area (Å²) in [7, 11) is 0. The van der Waals surface area contributed by atoms with Crippen LogP contribution in [0.2, 0.25) is 4.34 Å². The molecule has 5 heteroatoms. The molecule has 2 nitrogen and oxygen atoms in total. The summed E-state index contributed by atoms with van der Waals surface area (Å²) in [4.78, 5) is 6.88. The Hall–Kier alpha value is -0.420. The molecule has 17 heavy (non-hydrogen) atoms. The smallest absolute Gasteiger partial charge is 0.133 e. The van der Waals surface area contributed by atoms with Gasteiger partial charge in [-0.1, -0.05) is 18.5 Å². The Morgan fingerprint density at radius 1 is 1.41 bits per heavy atom. The number of hydrogen-bond acceptors (Lipinski definition) is 4. The van der Waals surface area contributed by atoms with Crippen molar-refractivity contribution in [3.63, 3.8) is 0 Å². The number of halogens is 1. The molecule has 0 saturated heterocycles. The van der Waals surface area contributed by atoms with Gasteiger partial charge in [-0.15, -0.1) is 22.7 Å². The van der Waals surface area contributed by atoms with Gasteiger partial charge < -0.3 is 5.32 Å². The average molecular weight is 287 g/mol. The molecule has 0 aromatic carbocycles. The first-order chi connectivity index (χ1) is 8.20. The van der Waals surface area contributed by atoms with Crippen molar-refractivity contribution < 1.29 is 0 Å². The third kappa shape index (κ3) is 3.28. The van der Waals surface area contributed by atoms with E-state index in [2.05, 4.69) is 24.1 Å². The Kier molecular flexibility index (Phi) is 4.56. The van der Waals surface area contributed by atoms with Crippen molar-refractivity contribution in [1.29, 1.82) is 0 Å². The van der Waals surface area contributed by atoms with E-state index >= 15 is 0 Å². The highest BCUT2D eigenvalue weighted by Gasteiger charge is 2.11. The van der Waals surface area contributed by atoms with Gasteiger partial charge in [-0.2, -0.15) is 0 Å². The second kappa shape index (κ2) is 5.96. The van der Waals surface area contributed by atoms with Crippen LogP contribution in [0.5, 0.6) is 0 Å². The van der Waals surface area contributed by atoms with E-state index in [1.807, 2.05) is 18.3 Å². The molecule has 1 unspecified atom stereocenters.